The van der Waals surface area contributed by atoms with Crippen molar-refractivity contribution < 1.29 is 5.11 Å². The zero-order valence-corrected chi connectivity index (χ0v) is 8.90. The van der Waals surface area contributed by atoms with Crippen LogP contribution in [0.1, 0.15) is 38.2 Å². The third-order valence-electron chi connectivity index (χ3n) is 2.65. The van der Waals surface area contributed by atoms with Gasteiger partial charge in [-0.15, -0.1) is 0 Å². The number of rotatable bonds is 4. The summed E-state index contributed by atoms with van der Waals surface area (Å²) in [5, 5.41) is 9.84. The van der Waals surface area contributed by atoms with Crippen LogP contribution in [-0.2, 0) is 0 Å². The van der Waals surface area contributed by atoms with Crippen molar-refractivity contribution in [3.63, 3.8) is 0 Å². The highest BCUT2D eigenvalue weighted by Crippen LogP contribution is 2.26. The van der Waals surface area contributed by atoms with Gasteiger partial charge in [-0.25, -0.2) is 0 Å². The molecule has 0 bridgehead atoms. The fraction of sp³-hybridized carbons (Fsp3) is 0.500. The van der Waals surface area contributed by atoms with Gasteiger partial charge in [-0.05, 0) is 18.1 Å². The maximum absolute atomic E-state index is 9.84. The molecule has 2 atom stereocenters. The number of aliphatic hydroxyl groups is 1. The highest BCUT2D eigenvalue weighted by atomic mass is 16.3. The van der Waals surface area contributed by atoms with Crippen molar-refractivity contribution in [2.24, 2.45) is 0 Å². The van der Waals surface area contributed by atoms with Crippen molar-refractivity contribution in [3.05, 3.63) is 29.8 Å². The molecule has 78 valence electrons. The van der Waals surface area contributed by atoms with Gasteiger partial charge in [0.05, 0.1) is 6.10 Å². The third-order valence-corrected chi connectivity index (χ3v) is 2.65. The number of benzene rings is 1. The number of anilines is 1. The van der Waals surface area contributed by atoms with E-state index in [1.165, 1.54) is 0 Å². The predicted molar refractivity (Wildman–Crippen MR) is 60.2 cm³/mol. The maximum atomic E-state index is 9.84. The molecule has 0 heterocycles. The van der Waals surface area contributed by atoms with Crippen LogP contribution in [0.15, 0.2) is 24.3 Å². The summed E-state index contributed by atoms with van der Waals surface area (Å²) in [6.07, 6.45) is 1.54. The van der Waals surface area contributed by atoms with Gasteiger partial charge >= 0.3 is 0 Å². The first-order valence-electron chi connectivity index (χ1n) is 5.19. The van der Waals surface area contributed by atoms with Crippen molar-refractivity contribution in [2.75, 3.05) is 5.73 Å². The lowest BCUT2D eigenvalue weighted by Gasteiger charge is -2.20. The molecule has 0 aliphatic carbocycles. The monoisotopic (exact) mass is 193 g/mol. The van der Waals surface area contributed by atoms with Gasteiger partial charge in [-0.3, -0.25) is 0 Å². The third kappa shape index (κ3) is 2.48. The summed E-state index contributed by atoms with van der Waals surface area (Å²) in [4.78, 5) is 0. The predicted octanol–water partition coefficient (Wildman–Crippen LogP) is 2.53. The Labute approximate surface area is 85.8 Å². The molecule has 2 nitrogen and oxygen atoms in total. The highest BCUT2D eigenvalue weighted by Gasteiger charge is 2.16. The number of hydrogen-bond acceptors (Lipinski definition) is 2. The zero-order chi connectivity index (χ0) is 10.6. The van der Waals surface area contributed by atoms with E-state index in [-0.39, 0.29) is 12.0 Å². The molecular formula is C12H19NO. The Hall–Kier alpha value is -1.02. The van der Waals surface area contributed by atoms with Gasteiger partial charge in [0.1, 0.15) is 0 Å². The molecule has 3 N–H and O–H groups in total. The summed E-state index contributed by atoms with van der Waals surface area (Å²) in [6.45, 7) is 4.09. The van der Waals surface area contributed by atoms with Gasteiger partial charge in [-0.1, -0.05) is 38.5 Å². The minimum absolute atomic E-state index is 0.121. The summed E-state index contributed by atoms with van der Waals surface area (Å²) < 4.78 is 0. The second-order valence-corrected chi connectivity index (χ2v) is 3.77. The molecule has 0 saturated carbocycles. The molecule has 0 aliphatic heterocycles. The quantitative estimate of drug-likeness (QED) is 0.722. The zero-order valence-electron chi connectivity index (χ0n) is 8.90. The van der Waals surface area contributed by atoms with Crippen LogP contribution < -0.4 is 5.73 Å². The van der Waals surface area contributed by atoms with E-state index in [2.05, 4.69) is 6.92 Å². The van der Waals surface area contributed by atoms with Gasteiger partial charge in [0.2, 0.25) is 0 Å². The average Bonchev–Trinajstić information content (AvgIpc) is 2.18. The first-order valence-corrected chi connectivity index (χ1v) is 5.19. The fourth-order valence-electron chi connectivity index (χ4n) is 1.68. The molecule has 0 radical (unpaired) electrons. The second kappa shape index (κ2) is 5.01. The fourth-order valence-corrected chi connectivity index (χ4v) is 1.68. The van der Waals surface area contributed by atoms with E-state index in [4.69, 9.17) is 5.73 Å². The Kier molecular flexibility index (Phi) is 3.96. The lowest BCUT2D eigenvalue weighted by molar-refractivity contribution is 0.139. The largest absolute Gasteiger partial charge is 0.398 e. The van der Waals surface area contributed by atoms with Crippen molar-refractivity contribution >= 4 is 5.69 Å². The van der Waals surface area contributed by atoms with Crippen molar-refractivity contribution in [1.29, 1.82) is 0 Å². The smallest absolute Gasteiger partial charge is 0.0606 e. The summed E-state index contributed by atoms with van der Waals surface area (Å²) in [7, 11) is 0. The molecule has 0 aromatic heterocycles. The van der Waals surface area contributed by atoms with Crippen molar-refractivity contribution in [2.45, 2.75) is 38.7 Å². The van der Waals surface area contributed by atoms with Gasteiger partial charge in [0.15, 0.2) is 0 Å². The van der Waals surface area contributed by atoms with Crippen LogP contribution in [0.3, 0.4) is 0 Å². The van der Waals surface area contributed by atoms with E-state index in [0.29, 0.717) is 0 Å². The Morgan fingerprint density at radius 2 is 2.00 bits per heavy atom. The Morgan fingerprint density at radius 1 is 1.36 bits per heavy atom. The molecule has 0 fully saturated rings. The molecule has 0 aliphatic rings. The molecule has 1 aromatic rings. The van der Waals surface area contributed by atoms with Crippen molar-refractivity contribution in [1.82, 2.24) is 0 Å². The van der Waals surface area contributed by atoms with Crippen LogP contribution in [0.5, 0.6) is 0 Å². The molecule has 0 spiro atoms. The summed E-state index contributed by atoms with van der Waals surface area (Å²) >= 11 is 0. The first-order chi connectivity index (χ1) is 6.66. The summed E-state index contributed by atoms with van der Waals surface area (Å²) in [5.74, 6) is 0.121. The molecule has 1 rings (SSSR count). The van der Waals surface area contributed by atoms with E-state index < -0.39 is 0 Å². The molecule has 1 aromatic carbocycles. The Bertz CT molecular complexity index is 285. The van der Waals surface area contributed by atoms with Crippen LogP contribution in [0, 0.1) is 0 Å². The second-order valence-electron chi connectivity index (χ2n) is 3.77. The molecule has 2 unspecified atom stereocenters. The van der Waals surface area contributed by atoms with Gasteiger partial charge in [0.25, 0.3) is 0 Å². The highest BCUT2D eigenvalue weighted by molar-refractivity contribution is 5.48. The van der Waals surface area contributed by atoms with Gasteiger partial charge in [0, 0.05) is 11.6 Å². The van der Waals surface area contributed by atoms with Gasteiger partial charge in [-0.2, -0.15) is 0 Å². The molecule has 0 saturated heterocycles. The van der Waals surface area contributed by atoms with Crippen LogP contribution in [0.2, 0.25) is 0 Å². The molecule has 14 heavy (non-hydrogen) atoms. The van der Waals surface area contributed by atoms with Gasteiger partial charge < -0.3 is 10.8 Å². The van der Waals surface area contributed by atoms with Crippen LogP contribution in [-0.4, -0.2) is 11.2 Å². The van der Waals surface area contributed by atoms with E-state index in [1.54, 1.807) is 0 Å². The first kappa shape index (κ1) is 11.1. The number of nitrogen functional groups attached to an aromatic ring is 1. The topological polar surface area (TPSA) is 46.2 Å². The van der Waals surface area contributed by atoms with E-state index >= 15 is 0 Å². The maximum Gasteiger partial charge on any atom is 0.0606 e. The SMILES string of the molecule is CCCC(O)C(C)c1ccccc1N. The average molecular weight is 193 g/mol. The van der Waals surface area contributed by atoms with Crippen LogP contribution >= 0.6 is 0 Å². The standard InChI is InChI=1S/C12H19NO/c1-3-6-12(14)9(2)10-7-4-5-8-11(10)13/h4-5,7-9,12,14H,3,6,13H2,1-2H3. The van der Waals surface area contributed by atoms with E-state index in [1.807, 2.05) is 31.2 Å². The summed E-state index contributed by atoms with van der Waals surface area (Å²) in [6, 6.07) is 7.74. The minimum atomic E-state index is -0.287. The van der Waals surface area contributed by atoms with Crippen LogP contribution in [0.4, 0.5) is 5.69 Å². The normalized spacial score (nSPS) is 15.1. The number of para-hydroxylation sites is 1. The Morgan fingerprint density at radius 3 is 2.57 bits per heavy atom. The molecule has 2 heteroatoms. The van der Waals surface area contributed by atoms with Crippen molar-refractivity contribution in [3.8, 4) is 0 Å². The van der Waals surface area contributed by atoms with E-state index in [9.17, 15) is 5.11 Å². The molecule has 0 amide bonds. The number of aliphatic hydroxyl groups excluding tert-OH is 1. The number of nitrogens with two attached hydrogens (primary N) is 1. The lowest BCUT2D eigenvalue weighted by Crippen LogP contribution is -2.16. The van der Waals surface area contributed by atoms with Crippen LogP contribution in [0.25, 0.3) is 0 Å². The minimum Gasteiger partial charge on any atom is -0.398 e. The summed E-state index contributed by atoms with van der Waals surface area (Å²) in [5.41, 5.74) is 7.67. The van der Waals surface area contributed by atoms with E-state index in [0.717, 1.165) is 24.1 Å². The molecular weight excluding hydrogens is 174 g/mol. The lowest BCUT2D eigenvalue weighted by atomic mass is 9.92. The Balaban J connectivity index is 2.78. The number of hydrogen-bond donors (Lipinski definition) is 2.